The van der Waals surface area contributed by atoms with Gasteiger partial charge in [-0.1, -0.05) is 113 Å². The monoisotopic (exact) mass is 831 g/mol. The van der Waals surface area contributed by atoms with Gasteiger partial charge in [-0.3, -0.25) is 0 Å². The second kappa shape index (κ2) is 16.8. The summed E-state index contributed by atoms with van der Waals surface area (Å²) in [6.45, 7) is 10.7. The van der Waals surface area contributed by atoms with Crippen LogP contribution in [0.25, 0.3) is 31.3 Å². The van der Waals surface area contributed by atoms with E-state index in [-0.39, 0.29) is 0 Å². The third-order valence-corrected chi connectivity index (χ3v) is 13.1. The molecule has 0 aliphatic carbocycles. The van der Waals surface area contributed by atoms with Crippen LogP contribution in [0.4, 0.5) is 51.2 Å². The van der Waals surface area contributed by atoms with Crippen LogP contribution >= 0.6 is 11.3 Å². The smallest absolute Gasteiger partial charge is 0.0468 e. The Hall–Kier alpha value is -7.40. The van der Waals surface area contributed by atoms with Gasteiger partial charge in [0.15, 0.2) is 0 Å². The standard InChI is InChI=1S/C59H49N3S/c1-40-6-20-47(21-7-40)60(48-22-8-41(2)9-23-48)52-30-16-45(17-31-52)46-18-32-53(33-19-46)62(51-28-14-44(5)15-29-51)55-35-37-59-57(39-55)56-38-54(34-36-58(56)63-59)61(49-24-10-42(3)11-25-49)50-26-12-43(4)13-27-50/h6-39H,1-5H3. The number of thiophene rings is 1. The third kappa shape index (κ3) is 8.10. The van der Waals surface area contributed by atoms with Gasteiger partial charge < -0.3 is 14.7 Å². The zero-order chi connectivity index (χ0) is 43.0. The molecule has 1 aromatic heterocycles. The Bertz CT molecular complexity index is 3080. The molecule has 0 N–H and O–H groups in total. The van der Waals surface area contributed by atoms with Gasteiger partial charge in [-0.2, -0.15) is 0 Å². The quantitative estimate of drug-likeness (QED) is 0.136. The SMILES string of the molecule is Cc1ccc(N(c2ccc(C)cc2)c2ccc(-c3ccc(N(c4ccc(C)cc4)c4ccc5sc6ccc(N(c7ccc(C)cc7)c7ccc(C)cc7)cc6c5c4)cc3)cc2)cc1. The van der Waals surface area contributed by atoms with Gasteiger partial charge in [0, 0.05) is 71.4 Å². The summed E-state index contributed by atoms with van der Waals surface area (Å²) in [6, 6.07) is 75.8. The molecule has 10 rings (SSSR count). The number of aryl methyl sites for hydroxylation is 5. The number of hydrogen-bond acceptors (Lipinski definition) is 4. The number of nitrogens with zero attached hydrogens (tertiary/aromatic N) is 3. The van der Waals surface area contributed by atoms with Crippen molar-refractivity contribution in [2.75, 3.05) is 14.7 Å². The van der Waals surface area contributed by atoms with Crippen molar-refractivity contribution in [3.8, 4) is 11.1 Å². The molecule has 0 aliphatic rings. The van der Waals surface area contributed by atoms with Crippen LogP contribution < -0.4 is 14.7 Å². The van der Waals surface area contributed by atoms with Crippen molar-refractivity contribution in [3.63, 3.8) is 0 Å². The van der Waals surface area contributed by atoms with E-state index >= 15 is 0 Å². The average molecular weight is 832 g/mol. The van der Waals surface area contributed by atoms with Crippen molar-refractivity contribution in [1.82, 2.24) is 0 Å². The van der Waals surface area contributed by atoms with Crippen LogP contribution in [0, 0.1) is 34.6 Å². The number of fused-ring (bicyclic) bond motifs is 3. The summed E-state index contributed by atoms with van der Waals surface area (Å²) in [5, 5.41) is 2.51. The molecule has 0 bridgehead atoms. The normalized spacial score (nSPS) is 11.3. The maximum absolute atomic E-state index is 2.38. The summed E-state index contributed by atoms with van der Waals surface area (Å²) in [5.74, 6) is 0. The first kappa shape index (κ1) is 39.7. The first-order valence-electron chi connectivity index (χ1n) is 21.6. The molecule has 0 saturated carbocycles. The zero-order valence-electron chi connectivity index (χ0n) is 36.4. The van der Waals surface area contributed by atoms with Crippen molar-refractivity contribution in [2.45, 2.75) is 34.6 Å². The van der Waals surface area contributed by atoms with Crippen molar-refractivity contribution in [2.24, 2.45) is 0 Å². The molecule has 0 saturated heterocycles. The second-order valence-corrected chi connectivity index (χ2v) is 17.8. The number of anilines is 9. The van der Waals surface area contributed by atoms with Gasteiger partial charge in [-0.25, -0.2) is 0 Å². The van der Waals surface area contributed by atoms with Gasteiger partial charge in [0.2, 0.25) is 0 Å². The molecule has 1 heterocycles. The fraction of sp³-hybridized carbons (Fsp3) is 0.0847. The summed E-state index contributed by atoms with van der Waals surface area (Å²) in [6.07, 6.45) is 0. The lowest BCUT2D eigenvalue weighted by Gasteiger charge is -2.27. The summed E-state index contributed by atoms with van der Waals surface area (Å²) < 4.78 is 2.55. The topological polar surface area (TPSA) is 9.72 Å². The predicted molar refractivity (Wildman–Crippen MR) is 273 cm³/mol. The Balaban J connectivity index is 1.01. The molecular weight excluding hydrogens is 783 g/mol. The predicted octanol–water partition coefficient (Wildman–Crippen LogP) is 17.7. The second-order valence-electron chi connectivity index (χ2n) is 16.7. The minimum Gasteiger partial charge on any atom is -0.311 e. The van der Waals surface area contributed by atoms with Gasteiger partial charge in [0.05, 0.1) is 0 Å². The molecule has 0 unspecified atom stereocenters. The highest BCUT2D eigenvalue weighted by Crippen LogP contribution is 2.44. The molecule has 0 amide bonds. The van der Waals surface area contributed by atoms with Crippen LogP contribution in [0.15, 0.2) is 206 Å². The van der Waals surface area contributed by atoms with E-state index in [1.807, 2.05) is 11.3 Å². The van der Waals surface area contributed by atoms with Gasteiger partial charge in [0.1, 0.15) is 0 Å². The molecule has 10 aromatic rings. The van der Waals surface area contributed by atoms with Gasteiger partial charge in [-0.05, 0) is 167 Å². The Morgan fingerprint density at radius 3 is 0.698 bits per heavy atom. The Morgan fingerprint density at radius 2 is 0.444 bits per heavy atom. The third-order valence-electron chi connectivity index (χ3n) is 12.0. The molecule has 0 radical (unpaired) electrons. The van der Waals surface area contributed by atoms with E-state index < -0.39 is 0 Å². The highest BCUT2D eigenvalue weighted by molar-refractivity contribution is 7.25. The molecule has 4 heteroatoms. The largest absolute Gasteiger partial charge is 0.311 e. The zero-order valence-corrected chi connectivity index (χ0v) is 37.2. The summed E-state index contributed by atoms with van der Waals surface area (Å²) in [7, 11) is 0. The minimum absolute atomic E-state index is 1.11. The fourth-order valence-electron chi connectivity index (χ4n) is 8.45. The van der Waals surface area contributed by atoms with Crippen LogP contribution in [0.5, 0.6) is 0 Å². The van der Waals surface area contributed by atoms with Crippen LogP contribution in [0.3, 0.4) is 0 Å². The molecule has 63 heavy (non-hydrogen) atoms. The van der Waals surface area contributed by atoms with Crippen molar-refractivity contribution < 1.29 is 0 Å². The lowest BCUT2D eigenvalue weighted by Crippen LogP contribution is -2.10. The van der Waals surface area contributed by atoms with Crippen molar-refractivity contribution >= 4 is 82.7 Å². The van der Waals surface area contributed by atoms with Gasteiger partial charge >= 0.3 is 0 Å². The molecular formula is C59H49N3S. The fourth-order valence-corrected chi connectivity index (χ4v) is 9.52. The van der Waals surface area contributed by atoms with Crippen LogP contribution in [0.2, 0.25) is 0 Å². The molecule has 0 fully saturated rings. The van der Waals surface area contributed by atoms with E-state index in [0.29, 0.717) is 0 Å². The molecule has 0 spiro atoms. The Morgan fingerprint density at radius 1 is 0.238 bits per heavy atom. The number of rotatable bonds is 10. The maximum atomic E-state index is 2.38. The molecule has 3 nitrogen and oxygen atoms in total. The number of benzene rings is 9. The Kier molecular flexibility index (Phi) is 10.6. The minimum atomic E-state index is 1.11. The molecule has 0 atom stereocenters. The van der Waals surface area contributed by atoms with E-state index in [2.05, 4.69) is 256 Å². The molecule has 0 aliphatic heterocycles. The van der Waals surface area contributed by atoms with Gasteiger partial charge in [0.25, 0.3) is 0 Å². The summed E-state index contributed by atoms with van der Waals surface area (Å²) in [4.78, 5) is 7.07. The summed E-state index contributed by atoms with van der Waals surface area (Å²) >= 11 is 1.85. The highest BCUT2D eigenvalue weighted by atomic mass is 32.1. The van der Waals surface area contributed by atoms with Crippen LogP contribution in [-0.2, 0) is 0 Å². The van der Waals surface area contributed by atoms with Crippen molar-refractivity contribution in [3.05, 3.63) is 234 Å². The maximum Gasteiger partial charge on any atom is 0.0468 e. The lowest BCUT2D eigenvalue weighted by molar-refractivity contribution is 1.27. The first-order valence-corrected chi connectivity index (χ1v) is 22.5. The van der Waals surface area contributed by atoms with Gasteiger partial charge in [-0.15, -0.1) is 11.3 Å². The van der Waals surface area contributed by atoms with E-state index in [0.717, 1.165) is 51.2 Å². The first-order chi connectivity index (χ1) is 30.7. The Labute approximate surface area is 375 Å². The average Bonchev–Trinajstić information content (AvgIpc) is 3.68. The van der Waals surface area contributed by atoms with Crippen molar-refractivity contribution in [1.29, 1.82) is 0 Å². The molecule has 306 valence electrons. The molecule has 9 aromatic carbocycles. The number of hydrogen-bond donors (Lipinski definition) is 0. The van der Waals surface area contributed by atoms with E-state index in [4.69, 9.17) is 0 Å². The van der Waals surface area contributed by atoms with E-state index in [1.54, 1.807) is 0 Å². The van der Waals surface area contributed by atoms with Crippen LogP contribution in [-0.4, -0.2) is 0 Å². The van der Waals surface area contributed by atoms with E-state index in [9.17, 15) is 0 Å². The van der Waals surface area contributed by atoms with E-state index in [1.165, 1.54) is 59.1 Å². The lowest BCUT2D eigenvalue weighted by atomic mass is 10.0. The summed E-state index contributed by atoms with van der Waals surface area (Å²) in [5.41, 5.74) is 18.7. The van der Waals surface area contributed by atoms with Crippen LogP contribution in [0.1, 0.15) is 27.8 Å². The highest BCUT2D eigenvalue weighted by Gasteiger charge is 2.19.